The predicted octanol–water partition coefficient (Wildman–Crippen LogP) is 3.68. The highest BCUT2D eigenvalue weighted by Gasteiger charge is 1.98. The first-order valence-corrected chi connectivity index (χ1v) is 6.21. The molecule has 0 saturated carbocycles. The van der Waals surface area contributed by atoms with Crippen LogP contribution in [0, 0.1) is 0 Å². The Bertz CT molecular complexity index is 359. The highest BCUT2D eigenvalue weighted by atomic mass is 35.5. The Balaban J connectivity index is 2.20. The van der Waals surface area contributed by atoms with Gasteiger partial charge in [0.1, 0.15) is 0 Å². The Morgan fingerprint density at radius 1 is 1.29 bits per heavy atom. The first-order chi connectivity index (χ1) is 8.08. The number of benzene rings is 1. The van der Waals surface area contributed by atoms with Gasteiger partial charge >= 0.3 is 0 Å². The molecule has 1 aromatic carbocycles. The van der Waals surface area contributed by atoms with Crippen LogP contribution in [0.3, 0.4) is 0 Å². The number of nitrogens with one attached hydrogen (secondary N) is 1. The molecule has 2 nitrogen and oxygen atoms in total. The summed E-state index contributed by atoms with van der Waals surface area (Å²) in [4.78, 5) is 0. The Hall–Kier alpha value is -0.540. The summed E-state index contributed by atoms with van der Waals surface area (Å²) < 4.78 is 5.37. The van der Waals surface area contributed by atoms with Gasteiger partial charge in [-0.3, -0.25) is 0 Å². The van der Waals surface area contributed by atoms with Gasteiger partial charge in [0.05, 0.1) is 13.2 Å². The van der Waals surface area contributed by atoms with Crippen molar-refractivity contribution in [1.82, 2.24) is 5.32 Å². The molecule has 0 atom stereocenters. The van der Waals surface area contributed by atoms with Crippen molar-refractivity contribution in [3.8, 4) is 0 Å². The molecule has 1 rings (SSSR count). The van der Waals surface area contributed by atoms with Gasteiger partial charge in [-0.25, -0.2) is 0 Å². The third kappa shape index (κ3) is 6.69. The first kappa shape index (κ1) is 14.5. The normalized spacial score (nSPS) is 10.5. The van der Waals surface area contributed by atoms with Crippen LogP contribution < -0.4 is 5.32 Å². The molecule has 0 aromatic heterocycles. The van der Waals surface area contributed by atoms with Crippen LogP contribution in [0.4, 0.5) is 0 Å². The fourth-order valence-electron chi connectivity index (χ4n) is 1.34. The van der Waals surface area contributed by atoms with Gasteiger partial charge in [-0.05, 0) is 30.7 Å². The fourth-order valence-corrected chi connectivity index (χ4v) is 1.91. The predicted molar refractivity (Wildman–Crippen MR) is 73.8 cm³/mol. The molecule has 0 radical (unpaired) electrons. The molecule has 0 aliphatic rings. The maximum absolute atomic E-state index is 5.90. The van der Waals surface area contributed by atoms with Crippen molar-refractivity contribution in [2.45, 2.75) is 13.5 Å². The van der Waals surface area contributed by atoms with E-state index in [0.717, 1.165) is 24.2 Å². The van der Waals surface area contributed by atoms with E-state index in [0.29, 0.717) is 23.3 Å². The van der Waals surface area contributed by atoms with Crippen molar-refractivity contribution < 1.29 is 4.74 Å². The lowest BCUT2D eigenvalue weighted by molar-refractivity contribution is 0.158. The molecule has 0 amide bonds. The van der Waals surface area contributed by atoms with Gasteiger partial charge < -0.3 is 10.1 Å². The Kier molecular flexibility index (Phi) is 6.60. The van der Waals surface area contributed by atoms with Crippen LogP contribution in [-0.4, -0.2) is 19.8 Å². The molecule has 94 valence electrons. The van der Waals surface area contributed by atoms with Crippen LogP contribution in [0.15, 0.2) is 30.4 Å². The van der Waals surface area contributed by atoms with E-state index in [4.69, 9.17) is 27.9 Å². The standard InChI is InChI=1S/C13H17Cl2NO/c1-10(2)9-17-4-3-16-8-11-5-12(14)7-13(15)6-11/h5-7,16H,1,3-4,8-9H2,2H3. The summed E-state index contributed by atoms with van der Waals surface area (Å²) >= 11 is 11.8. The smallest absolute Gasteiger partial charge is 0.0672 e. The van der Waals surface area contributed by atoms with Crippen LogP contribution >= 0.6 is 23.2 Å². The average Bonchev–Trinajstić information content (AvgIpc) is 2.21. The molecule has 0 aliphatic carbocycles. The second-order valence-corrected chi connectivity index (χ2v) is 4.84. The maximum atomic E-state index is 5.90. The van der Waals surface area contributed by atoms with E-state index in [1.165, 1.54) is 0 Å². The molecular weight excluding hydrogens is 257 g/mol. The second kappa shape index (κ2) is 7.72. The zero-order valence-corrected chi connectivity index (χ0v) is 11.4. The minimum atomic E-state index is 0.616. The molecular formula is C13H17Cl2NO. The quantitative estimate of drug-likeness (QED) is 0.605. The largest absolute Gasteiger partial charge is 0.376 e. The van der Waals surface area contributed by atoms with Gasteiger partial charge in [0.25, 0.3) is 0 Å². The number of hydrogen-bond acceptors (Lipinski definition) is 2. The average molecular weight is 274 g/mol. The fraction of sp³-hybridized carbons (Fsp3) is 0.385. The topological polar surface area (TPSA) is 21.3 Å². The van der Waals surface area contributed by atoms with Crippen molar-refractivity contribution in [1.29, 1.82) is 0 Å². The molecule has 0 unspecified atom stereocenters. The monoisotopic (exact) mass is 273 g/mol. The van der Waals surface area contributed by atoms with E-state index in [-0.39, 0.29) is 0 Å². The molecule has 0 fully saturated rings. The first-order valence-electron chi connectivity index (χ1n) is 5.46. The summed E-state index contributed by atoms with van der Waals surface area (Å²) in [6.45, 7) is 8.52. The van der Waals surface area contributed by atoms with E-state index in [1.807, 2.05) is 19.1 Å². The van der Waals surface area contributed by atoms with Crippen molar-refractivity contribution in [2.75, 3.05) is 19.8 Å². The summed E-state index contributed by atoms with van der Waals surface area (Å²) in [6, 6.07) is 5.52. The zero-order chi connectivity index (χ0) is 12.7. The third-order valence-electron chi connectivity index (χ3n) is 2.02. The van der Waals surface area contributed by atoms with Gasteiger partial charge in [0.15, 0.2) is 0 Å². The summed E-state index contributed by atoms with van der Waals surface area (Å²) in [5, 5.41) is 4.58. The van der Waals surface area contributed by atoms with E-state index in [1.54, 1.807) is 6.07 Å². The van der Waals surface area contributed by atoms with Gasteiger partial charge in [0, 0.05) is 23.1 Å². The van der Waals surface area contributed by atoms with Gasteiger partial charge in [-0.1, -0.05) is 35.4 Å². The summed E-state index contributed by atoms with van der Waals surface area (Å²) in [7, 11) is 0. The van der Waals surface area contributed by atoms with Crippen molar-refractivity contribution in [3.05, 3.63) is 46.0 Å². The zero-order valence-electron chi connectivity index (χ0n) is 9.93. The van der Waals surface area contributed by atoms with Crippen molar-refractivity contribution >= 4 is 23.2 Å². The Morgan fingerprint density at radius 2 is 1.94 bits per heavy atom. The lowest BCUT2D eigenvalue weighted by atomic mass is 10.2. The highest BCUT2D eigenvalue weighted by molar-refractivity contribution is 6.34. The minimum Gasteiger partial charge on any atom is -0.376 e. The molecule has 1 N–H and O–H groups in total. The van der Waals surface area contributed by atoms with Crippen molar-refractivity contribution in [2.24, 2.45) is 0 Å². The molecule has 4 heteroatoms. The molecule has 0 bridgehead atoms. The molecule has 0 saturated heterocycles. The lowest BCUT2D eigenvalue weighted by Gasteiger charge is -2.07. The molecule has 0 spiro atoms. The van der Waals surface area contributed by atoms with Crippen LogP contribution in [0.25, 0.3) is 0 Å². The third-order valence-corrected chi connectivity index (χ3v) is 2.46. The second-order valence-electron chi connectivity index (χ2n) is 3.96. The highest BCUT2D eigenvalue weighted by Crippen LogP contribution is 2.18. The number of rotatable bonds is 7. The lowest BCUT2D eigenvalue weighted by Crippen LogP contribution is -2.19. The van der Waals surface area contributed by atoms with Crippen molar-refractivity contribution in [3.63, 3.8) is 0 Å². The molecule has 0 aliphatic heterocycles. The minimum absolute atomic E-state index is 0.616. The Morgan fingerprint density at radius 3 is 2.53 bits per heavy atom. The van der Waals surface area contributed by atoms with Gasteiger partial charge in [0.2, 0.25) is 0 Å². The van der Waals surface area contributed by atoms with E-state index in [2.05, 4.69) is 11.9 Å². The van der Waals surface area contributed by atoms with Crippen LogP contribution in [0.5, 0.6) is 0 Å². The molecule has 0 heterocycles. The van der Waals surface area contributed by atoms with E-state index >= 15 is 0 Å². The number of halogens is 2. The summed E-state index contributed by atoms with van der Waals surface area (Å²) in [5.74, 6) is 0. The van der Waals surface area contributed by atoms with Crippen LogP contribution in [0.2, 0.25) is 10.0 Å². The number of ether oxygens (including phenoxy) is 1. The number of hydrogen-bond donors (Lipinski definition) is 1. The molecule has 17 heavy (non-hydrogen) atoms. The van der Waals surface area contributed by atoms with E-state index in [9.17, 15) is 0 Å². The summed E-state index contributed by atoms with van der Waals surface area (Å²) in [6.07, 6.45) is 0. The van der Waals surface area contributed by atoms with Gasteiger partial charge in [-0.2, -0.15) is 0 Å². The van der Waals surface area contributed by atoms with Crippen LogP contribution in [-0.2, 0) is 11.3 Å². The molecule has 1 aromatic rings. The van der Waals surface area contributed by atoms with Crippen LogP contribution in [0.1, 0.15) is 12.5 Å². The SMILES string of the molecule is C=C(C)COCCNCc1cc(Cl)cc(Cl)c1. The summed E-state index contributed by atoms with van der Waals surface area (Å²) in [5.41, 5.74) is 2.11. The Labute approximate surface area is 113 Å². The van der Waals surface area contributed by atoms with E-state index < -0.39 is 0 Å². The van der Waals surface area contributed by atoms with Gasteiger partial charge in [-0.15, -0.1) is 0 Å². The maximum Gasteiger partial charge on any atom is 0.0672 e.